The predicted molar refractivity (Wildman–Crippen MR) is 58.5 cm³/mol. The number of hydrogen-bond donors (Lipinski definition) is 0. The molecule has 58 valence electrons. The van der Waals surface area contributed by atoms with Crippen molar-refractivity contribution in [3.63, 3.8) is 0 Å². The molecule has 0 aromatic heterocycles. The predicted octanol–water partition coefficient (Wildman–Crippen LogP) is 0.957. The summed E-state index contributed by atoms with van der Waals surface area (Å²) < 4.78 is 0. The van der Waals surface area contributed by atoms with Crippen molar-refractivity contribution in [1.82, 2.24) is 0 Å². The van der Waals surface area contributed by atoms with Gasteiger partial charge in [0, 0.05) is 0 Å². The first kappa shape index (κ1) is 12.8. The van der Waals surface area contributed by atoms with Crippen LogP contribution in [0, 0.1) is 0 Å². The highest BCUT2D eigenvalue weighted by Gasteiger charge is 1.75. The topological polar surface area (TPSA) is 0 Å². The summed E-state index contributed by atoms with van der Waals surface area (Å²) in [5.74, 6) is 0. The van der Waals surface area contributed by atoms with Crippen LogP contribution in [0.15, 0.2) is 0 Å². The summed E-state index contributed by atoms with van der Waals surface area (Å²) in [4.78, 5) is 0. The minimum atomic E-state index is 1.34. The Labute approximate surface area is 69.0 Å². The summed E-state index contributed by atoms with van der Waals surface area (Å²) in [6.45, 7) is 6.64. The Bertz CT molecular complexity index is 29.8. The van der Waals surface area contributed by atoms with Crippen LogP contribution in [0.25, 0.3) is 0 Å². The second-order valence-corrected chi connectivity index (χ2v) is 2.71. The van der Waals surface area contributed by atoms with Crippen LogP contribution >= 0.6 is 0 Å². The van der Waals surface area contributed by atoms with Gasteiger partial charge in [0.25, 0.3) is 0 Å². The lowest BCUT2D eigenvalue weighted by Gasteiger charge is -1.79. The highest BCUT2D eigenvalue weighted by atomic mass is 13.7. The van der Waals surface area contributed by atoms with E-state index in [0.717, 1.165) is 0 Å². The molecule has 0 aromatic rings. The van der Waals surface area contributed by atoms with Gasteiger partial charge in [0.05, 0.1) is 22.0 Å². The minimum absolute atomic E-state index is 1.34. The summed E-state index contributed by atoms with van der Waals surface area (Å²) in [5, 5.41) is 0. The van der Waals surface area contributed by atoms with E-state index in [2.05, 4.69) is 28.5 Å². The van der Waals surface area contributed by atoms with Crippen molar-refractivity contribution in [3.05, 3.63) is 0 Å². The average Bonchev–Trinajstić information content (AvgIpc) is 1.93. The van der Waals surface area contributed by atoms with Gasteiger partial charge in [-0.3, -0.25) is 0 Å². The largest absolute Gasteiger partial charge is 0.0881 e. The molecule has 0 rings (SSSR count). The van der Waals surface area contributed by atoms with Crippen molar-refractivity contribution in [2.24, 2.45) is 0 Å². The summed E-state index contributed by atoms with van der Waals surface area (Å²) in [6.07, 6.45) is 5.42. The van der Waals surface area contributed by atoms with Crippen LogP contribution in [-0.4, -0.2) is 22.0 Å². The normalized spacial score (nSPS) is 7.50. The molecule has 0 saturated heterocycles. The van der Waals surface area contributed by atoms with E-state index in [9.17, 15) is 0 Å². The van der Waals surface area contributed by atoms with E-state index in [1.807, 2.05) is 0 Å². The Kier molecular flexibility index (Phi) is 20.7. The van der Waals surface area contributed by atoms with Gasteiger partial charge in [-0.1, -0.05) is 46.4 Å². The first-order valence-corrected chi connectivity index (χ1v) is 4.83. The molecule has 0 aromatic carbocycles. The van der Waals surface area contributed by atoms with Crippen molar-refractivity contribution in [3.8, 4) is 0 Å². The molecule has 10 heavy (non-hydrogen) atoms. The van der Waals surface area contributed by atoms with Gasteiger partial charge in [0.1, 0.15) is 0 Å². The van der Waals surface area contributed by atoms with E-state index in [1.54, 1.807) is 0 Å². The van der Waals surface area contributed by atoms with Gasteiger partial charge < -0.3 is 0 Å². The fourth-order valence-electron chi connectivity index (χ4n) is 0.707. The lowest BCUT2D eigenvalue weighted by molar-refractivity contribution is 0.772. The molecule has 0 aliphatic heterocycles. The molecule has 0 N–H and O–H groups in total. The van der Waals surface area contributed by atoms with E-state index >= 15 is 0 Å². The highest BCUT2D eigenvalue weighted by molar-refractivity contribution is 7.23. The Morgan fingerprint density at radius 2 is 1.60 bits per heavy atom. The number of unbranched alkanes of at least 4 members (excludes halogenated alkanes) is 2. The summed E-state index contributed by atoms with van der Waals surface area (Å²) in [5.41, 5.74) is 0. The molecule has 0 saturated carbocycles. The summed E-state index contributed by atoms with van der Waals surface area (Å²) >= 11 is 0. The van der Waals surface area contributed by atoms with Crippen LogP contribution in [0.5, 0.6) is 0 Å². The van der Waals surface area contributed by atoms with Gasteiger partial charge >= 0.3 is 0 Å². The Hall–Kier alpha value is 0.195. The summed E-state index contributed by atoms with van der Waals surface area (Å²) in [7, 11) is 4.94. The van der Waals surface area contributed by atoms with Crippen LogP contribution in [0.4, 0.5) is 0 Å². The first-order chi connectivity index (χ1) is 4.83. The van der Waals surface area contributed by atoms with Crippen molar-refractivity contribution in [2.45, 2.75) is 46.4 Å². The maximum absolute atomic E-state index is 2.21. The quantitative estimate of drug-likeness (QED) is 0.507. The monoisotopic (exact) mass is 138 g/mol. The summed E-state index contributed by atoms with van der Waals surface area (Å²) in [6, 6.07) is 0. The lowest BCUT2D eigenvalue weighted by atomic mass is 9.27. The third-order valence-corrected chi connectivity index (χ3v) is 1.41. The fourth-order valence-corrected chi connectivity index (χ4v) is 0.707. The third-order valence-electron chi connectivity index (χ3n) is 1.41. The lowest BCUT2D eigenvalue weighted by Crippen LogP contribution is -1.98. The zero-order valence-electron chi connectivity index (χ0n) is 8.24. The SMILES string of the molecule is BBBCC.CCCCC. The smallest absolute Gasteiger partial charge is 0.0776 e. The molecular weight excluding hydrogens is 117 g/mol. The van der Waals surface area contributed by atoms with Crippen LogP contribution in [-0.2, 0) is 0 Å². The van der Waals surface area contributed by atoms with Crippen molar-refractivity contribution in [2.75, 3.05) is 0 Å². The third kappa shape index (κ3) is 24.1. The molecule has 0 spiro atoms. The molecule has 0 aliphatic rings. The van der Waals surface area contributed by atoms with Gasteiger partial charge in [-0.05, 0) is 0 Å². The molecule has 0 unspecified atom stereocenters. The molecule has 3 heteroatoms. The highest BCUT2D eigenvalue weighted by Crippen LogP contribution is 1.88. The molecule has 0 heterocycles. The minimum Gasteiger partial charge on any atom is -0.0881 e. The first-order valence-electron chi connectivity index (χ1n) is 4.83. The van der Waals surface area contributed by atoms with E-state index in [0.29, 0.717) is 0 Å². The zero-order valence-corrected chi connectivity index (χ0v) is 8.24. The van der Waals surface area contributed by atoms with Crippen molar-refractivity contribution < 1.29 is 0 Å². The second kappa shape index (κ2) is 16.1. The maximum Gasteiger partial charge on any atom is 0.0776 e. The Balaban J connectivity index is 0. The van der Waals surface area contributed by atoms with Crippen molar-refractivity contribution in [1.29, 1.82) is 0 Å². The zero-order chi connectivity index (χ0) is 8.24. The van der Waals surface area contributed by atoms with Gasteiger partial charge in [0.2, 0.25) is 0 Å². The van der Waals surface area contributed by atoms with Gasteiger partial charge in [-0.2, -0.15) is 0 Å². The molecule has 0 nitrogen and oxygen atoms in total. The number of hydrogen-bond acceptors (Lipinski definition) is 0. The van der Waals surface area contributed by atoms with E-state index in [1.165, 1.54) is 39.8 Å². The van der Waals surface area contributed by atoms with Crippen LogP contribution < -0.4 is 0 Å². The fraction of sp³-hybridized carbons (Fsp3) is 1.00. The molecule has 0 radical (unpaired) electrons. The van der Waals surface area contributed by atoms with E-state index in [4.69, 9.17) is 0 Å². The van der Waals surface area contributed by atoms with Crippen LogP contribution in [0.2, 0.25) is 6.32 Å². The van der Waals surface area contributed by atoms with E-state index in [-0.39, 0.29) is 0 Å². The van der Waals surface area contributed by atoms with Crippen LogP contribution in [0.3, 0.4) is 0 Å². The average molecular weight is 138 g/mol. The molecular formula is C7H21B3. The molecule has 0 aliphatic carbocycles. The van der Waals surface area contributed by atoms with E-state index < -0.39 is 0 Å². The Morgan fingerprint density at radius 1 is 1.10 bits per heavy atom. The van der Waals surface area contributed by atoms with Gasteiger partial charge in [-0.15, -0.1) is 0 Å². The van der Waals surface area contributed by atoms with Gasteiger partial charge in [-0.25, -0.2) is 0 Å². The van der Waals surface area contributed by atoms with Gasteiger partial charge in [0.15, 0.2) is 0 Å². The molecule has 0 fully saturated rings. The Morgan fingerprint density at radius 3 is 1.60 bits per heavy atom. The van der Waals surface area contributed by atoms with Crippen molar-refractivity contribution >= 4 is 22.0 Å². The molecule has 0 atom stereocenters. The molecule has 0 amide bonds. The number of rotatable bonds is 4. The van der Waals surface area contributed by atoms with Crippen LogP contribution in [0.1, 0.15) is 40.0 Å². The second-order valence-electron chi connectivity index (χ2n) is 2.71. The molecule has 0 bridgehead atoms. The maximum atomic E-state index is 2.21. The standard InChI is InChI=1S/C5H12.C2H9B3/c1-3-5-4-2;1-2-4-5-3/h3-5H2,1-2H3;4-5H,2-3H2,1H3.